The predicted octanol–water partition coefficient (Wildman–Crippen LogP) is 6.91. The molecule has 0 unspecified atom stereocenters. The van der Waals surface area contributed by atoms with Gasteiger partial charge >= 0.3 is 0 Å². The number of carbonyl (C=O) groups is 1. The number of aromatic nitrogens is 2. The quantitative estimate of drug-likeness (QED) is 0.378. The van der Waals surface area contributed by atoms with Gasteiger partial charge < -0.3 is 4.90 Å². The van der Waals surface area contributed by atoms with E-state index in [9.17, 15) is 4.79 Å². The first-order valence-electron chi connectivity index (χ1n) is 13.7. The van der Waals surface area contributed by atoms with Crippen LogP contribution in [-0.4, -0.2) is 33.2 Å². The second-order valence-corrected chi connectivity index (χ2v) is 11.2. The van der Waals surface area contributed by atoms with Crippen molar-refractivity contribution in [2.24, 2.45) is 23.7 Å². The average molecular weight is 468 g/mol. The normalized spacial score (nSPS) is 26.7. The van der Waals surface area contributed by atoms with E-state index in [0.29, 0.717) is 17.9 Å². The van der Waals surface area contributed by atoms with Crippen LogP contribution in [0, 0.1) is 30.6 Å². The van der Waals surface area contributed by atoms with E-state index in [0.717, 1.165) is 59.4 Å². The van der Waals surface area contributed by atoms with E-state index >= 15 is 0 Å². The smallest absolute Gasteiger partial charge is 0.258 e. The van der Waals surface area contributed by atoms with Crippen LogP contribution in [0.2, 0.25) is 0 Å². The molecule has 0 radical (unpaired) electrons. The summed E-state index contributed by atoms with van der Waals surface area (Å²) in [5.74, 6) is 3.35. The second-order valence-electron chi connectivity index (χ2n) is 11.2. The van der Waals surface area contributed by atoms with Crippen molar-refractivity contribution in [1.82, 2.24) is 14.7 Å². The number of amides is 1. The fraction of sp³-hybridized carbons (Fsp3) is 0.484. The summed E-state index contributed by atoms with van der Waals surface area (Å²) < 4.78 is 1.96. The summed E-state index contributed by atoms with van der Waals surface area (Å²) in [5, 5.41) is 5.04. The van der Waals surface area contributed by atoms with Crippen molar-refractivity contribution in [2.45, 2.75) is 64.8 Å². The number of hydrogen-bond donors (Lipinski definition) is 0. The Bertz CT molecular complexity index is 1150. The van der Waals surface area contributed by atoms with E-state index in [2.05, 4.69) is 43.0 Å². The highest BCUT2D eigenvalue weighted by atomic mass is 16.2. The van der Waals surface area contributed by atoms with E-state index in [-0.39, 0.29) is 5.91 Å². The third-order valence-corrected chi connectivity index (χ3v) is 8.93. The van der Waals surface area contributed by atoms with Crippen LogP contribution in [0.1, 0.15) is 67.9 Å². The molecule has 7 rings (SSSR count). The average Bonchev–Trinajstić information content (AvgIpc) is 3.23. The molecule has 4 saturated carbocycles. The molecule has 0 N–H and O–H groups in total. The Morgan fingerprint density at radius 3 is 2.11 bits per heavy atom. The van der Waals surface area contributed by atoms with Gasteiger partial charge in [-0.3, -0.25) is 4.79 Å². The van der Waals surface area contributed by atoms with Gasteiger partial charge in [0.1, 0.15) is 5.69 Å². The van der Waals surface area contributed by atoms with E-state index in [1.54, 1.807) is 0 Å². The largest absolute Gasteiger partial charge is 0.335 e. The fourth-order valence-electron chi connectivity index (χ4n) is 7.64. The van der Waals surface area contributed by atoms with Crippen LogP contribution in [0.15, 0.2) is 60.7 Å². The Morgan fingerprint density at radius 1 is 0.914 bits per heavy atom. The standard InChI is InChI=1S/C31H37N3O/c1-3-4-15-33(30-25-17-22-16-23(19-25)20-26(30)18-22)31(35)28-21(2)34(27-13-9-6-10-14-27)32-29(28)24-11-7-5-8-12-24/h5-14,22-23,25-26,30H,3-4,15-20H2,1-2H3. The maximum atomic E-state index is 14.6. The monoisotopic (exact) mass is 467 g/mol. The van der Waals surface area contributed by atoms with E-state index < -0.39 is 0 Å². The molecule has 35 heavy (non-hydrogen) atoms. The van der Waals surface area contributed by atoms with Crippen molar-refractivity contribution in [3.05, 3.63) is 71.9 Å². The van der Waals surface area contributed by atoms with Gasteiger partial charge in [0.05, 0.1) is 16.9 Å². The molecule has 1 aromatic heterocycles. The molecule has 4 aliphatic rings. The minimum absolute atomic E-state index is 0.189. The molecule has 1 amide bonds. The van der Waals surface area contributed by atoms with Gasteiger partial charge in [0.15, 0.2) is 0 Å². The van der Waals surface area contributed by atoms with Gasteiger partial charge in [-0.05, 0) is 81.3 Å². The lowest BCUT2D eigenvalue weighted by Gasteiger charge is -2.57. The molecule has 0 saturated heterocycles. The number of carbonyl (C=O) groups excluding carboxylic acids is 1. The minimum atomic E-state index is 0.189. The van der Waals surface area contributed by atoms with Crippen molar-refractivity contribution in [2.75, 3.05) is 6.54 Å². The molecule has 4 nitrogen and oxygen atoms in total. The van der Waals surface area contributed by atoms with Gasteiger partial charge in [-0.1, -0.05) is 61.9 Å². The molecule has 4 fully saturated rings. The SMILES string of the molecule is CCCCN(C(=O)c1c(-c2ccccc2)nn(-c2ccccc2)c1C)C1C2CC3CC(C2)CC1C3. The van der Waals surface area contributed by atoms with Crippen LogP contribution in [0.4, 0.5) is 0 Å². The van der Waals surface area contributed by atoms with Gasteiger partial charge in [-0.15, -0.1) is 0 Å². The zero-order chi connectivity index (χ0) is 23.9. The highest BCUT2D eigenvalue weighted by Crippen LogP contribution is 2.55. The fourth-order valence-corrected chi connectivity index (χ4v) is 7.64. The van der Waals surface area contributed by atoms with Crippen LogP contribution in [0.5, 0.6) is 0 Å². The molecule has 1 heterocycles. The van der Waals surface area contributed by atoms with Gasteiger partial charge in [0.2, 0.25) is 0 Å². The lowest BCUT2D eigenvalue weighted by molar-refractivity contribution is -0.0558. The first kappa shape index (κ1) is 22.6. The molecular formula is C31H37N3O. The van der Waals surface area contributed by atoms with Crippen molar-refractivity contribution in [3.63, 3.8) is 0 Å². The number of para-hydroxylation sites is 1. The van der Waals surface area contributed by atoms with Crippen LogP contribution >= 0.6 is 0 Å². The zero-order valence-corrected chi connectivity index (χ0v) is 21.1. The van der Waals surface area contributed by atoms with Gasteiger partial charge in [-0.25, -0.2) is 4.68 Å². The molecule has 0 atom stereocenters. The summed E-state index contributed by atoms with van der Waals surface area (Å²) in [6, 6.07) is 20.8. The third-order valence-electron chi connectivity index (χ3n) is 8.93. The van der Waals surface area contributed by atoms with Crippen molar-refractivity contribution >= 4 is 5.91 Å². The van der Waals surface area contributed by atoms with Crippen LogP contribution < -0.4 is 0 Å². The maximum absolute atomic E-state index is 14.6. The first-order valence-corrected chi connectivity index (χ1v) is 13.7. The van der Waals surface area contributed by atoms with Crippen molar-refractivity contribution < 1.29 is 4.79 Å². The van der Waals surface area contributed by atoms with Gasteiger partial charge in [0.25, 0.3) is 5.91 Å². The van der Waals surface area contributed by atoms with Crippen LogP contribution in [0.3, 0.4) is 0 Å². The summed E-state index contributed by atoms with van der Waals surface area (Å²) >= 11 is 0. The Labute approximate surface area is 209 Å². The number of unbranched alkanes of at least 4 members (excludes halogenated alkanes) is 1. The first-order chi connectivity index (χ1) is 17.1. The maximum Gasteiger partial charge on any atom is 0.258 e. The van der Waals surface area contributed by atoms with Gasteiger partial charge in [0, 0.05) is 18.2 Å². The van der Waals surface area contributed by atoms with Crippen molar-refractivity contribution in [1.29, 1.82) is 0 Å². The molecule has 0 aliphatic heterocycles. The molecule has 182 valence electrons. The number of nitrogens with zero attached hydrogens (tertiary/aromatic N) is 3. The molecule has 3 aromatic rings. The van der Waals surface area contributed by atoms with E-state index in [1.165, 1.54) is 32.1 Å². The number of benzene rings is 2. The van der Waals surface area contributed by atoms with Crippen LogP contribution in [-0.2, 0) is 0 Å². The van der Waals surface area contributed by atoms with Crippen molar-refractivity contribution in [3.8, 4) is 16.9 Å². The van der Waals surface area contributed by atoms with Gasteiger partial charge in [-0.2, -0.15) is 5.10 Å². The Kier molecular flexibility index (Phi) is 5.99. The topological polar surface area (TPSA) is 38.1 Å². The lowest BCUT2D eigenvalue weighted by atomic mass is 9.54. The Balaban J connectivity index is 1.44. The Hall–Kier alpha value is -2.88. The predicted molar refractivity (Wildman–Crippen MR) is 141 cm³/mol. The number of hydrogen-bond acceptors (Lipinski definition) is 2. The summed E-state index contributed by atoms with van der Waals surface area (Å²) in [6.45, 7) is 5.15. The third kappa shape index (κ3) is 4.01. The molecular weight excluding hydrogens is 430 g/mol. The summed E-state index contributed by atoms with van der Waals surface area (Å²) in [4.78, 5) is 16.9. The lowest BCUT2D eigenvalue weighted by Crippen LogP contribution is -2.57. The minimum Gasteiger partial charge on any atom is -0.335 e. The highest BCUT2D eigenvalue weighted by molar-refractivity contribution is 6.01. The van der Waals surface area contributed by atoms with E-state index in [1.807, 2.05) is 41.1 Å². The summed E-state index contributed by atoms with van der Waals surface area (Å²) in [6.07, 6.45) is 8.88. The Morgan fingerprint density at radius 2 is 1.51 bits per heavy atom. The molecule has 2 aromatic carbocycles. The summed E-state index contributed by atoms with van der Waals surface area (Å²) in [7, 11) is 0. The van der Waals surface area contributed by atoms with E-state index in [4.69, 9.17) is 5.10 Å². The molecule has 4 bridgehead atoms. The molecule has 0 spiro atoms. The number of rotatable bonds is 7. The zero-order valence-electron chi connectivity index (χ0n) is 21.1. The molecule has 4 heteroatoms. The highest BCUT2D eigenvalue weighted by Gasteiger charge is 2.51. The molecule has 4 aliphatic carbocycles. The second kappa shape index (κ2) is 9.29. The van der Waals surface area contributed by atoms with Crippen LogP contribution in [0.25, 0.3) is 16.9 Å². The summed E-state index contributed by atoms with van der Waals surface area (Å²) in [5.41, 5.74) is 4.53.